The van der Waals surface area contributed by atoms with Crippen molar-refractivity contribution >= 4 is 28.4 Å². The SMILES string of the molecule is COc1cc(Cl)cc2cc(C(=O)c3nccnc3C)oc12. The van der Waals surface area contributed by atoms with Crippen molar-refractivity contribution in [3.8, 4) is 5.75 Å². The number of furan rings is 1. The summed E-state index contributed by atoms with van der Waals surface area (Å²) in [6, 6.07) is 4.97. The number of aromatic nitrogens is 2. The van der Waals surface area contributed by atoms with Crippen LogP contribution in [0.25, 0.3) is 11.0 Å². The van der Waals surface area contributed by atoms with E-state index in [0.29, 0.717) is 27.4 Å². The minimum absolute atomic E-state index is 0.175. The fourth-order valence-corrected chi connectivity index (χ4v) is 2.31. The van der Waals surface area contributed by atoms with E-state index in [1.165, 1.54) is 19.5 Å². The van der Waals surface area contributed by atoms with Gasteiger partial charge >= 0.3 is 0 Å². The number of hydrogen-bond acceptors (Lipinski definition) is 5. The maximum Gasteiger partial charge on any atom is 0.248 e. The summed E-state index contributed by atoms with van der Waals surface area (Å²) in [4.78, 5) is 20.6. The summed E-state index contributed by atoms with van der Waals surface area (Å²) >= 11 is 6.00. The van der Waals surface area contributed by atoms with Crippen LogP contribution in [0, 0.1) is 6.92 Å². The van der Waals surface area contributed by atoms with Gasteiger partial charge in [0, 0.05) is 28.9 Å². The molecule has 0 saturated carbocycles. The van der Waals surface area contributed by atoms with Crippen molar-refractivity contribution < 1.29 is 13.9 Å². The van der Waals surface area contributed by atoms with Crippen molar-refractivity contribution in [3.05, 3.63) is 52.8 Å². The fourth-order valence-electron chi connectivity index (χ4n) is 2.10. The van der Waals surface area contributed by atoms with Gasteiger partial charge in [-0.15, -0.1) is 0 Å². The van der Waals surface area contributed by atoms with Crippen LogP contribution in [0.5, 0.6) is 5.75 Å². The molecule has 0 fully saturated rings. The number of carbonyl (C=O) groups is 1. The van der Waals surface area contributed by atoms with E-state index in [1.54, 1.807) is 25.1 Å². The van der Waals surface area contributed by atoms with Crippen LogP contribution in [0.4, 0.5) is 0 Å². The largest absolute Gasteiger partial charge is 0.493 e. The van der Waals surface area contributed by atoms with Gasteiger partial charge in [-0.3, -0.25) is 9.78 Å². The molecule has 6 heteroatoms. The first-order valence-corrected chi connectivity index (χ1v) is 6.57. The predicted octanol–water partition coefficient (Wildman–Crippen LogP) is 3.42. The van der Waals surface area contributed by atoms with Crippen molar-refractivity contribution in [2.24, 2.45) is 0 Å². The highest BCUT2D eigenvalue weighted by atomic mass is 35.5. The van der Waals surface area contributed by atoms with Crippen LogP contribution in [0.3, 0.4) is 0 Å². The fraction of sp³-hybridized carbons (Fsp3) is 0.133. The number of ketones is 1. The van der Waals surface area contributed by atoms with Gasteiger partial charge in [-0.05, 0) is 19.1 Å². The molecule has 1 aromatic carbocycles. The van der Waals surface area contributed by atoms with E-state index in [1.807, 2.05) is 0 Å². The lowest BCUT2D eigenvalue weighted by atomic mass is 10.1. The molecule has 0 N–H and O–H groups in total. The highest BCUT2D eigenvalue weighted by Crippen LogP contribution is 2.32. The van der Waals surface area contributed by atoms with E-state index in [9.17, 15) is 4.79 Å². The number of hydrogen-bond donors (Lipinski definition) is 0. The van der Waals surface area contributed by atoms with E-state index in [-0.39, 0.29) is 17.2 Å². The van der Waals surface area contributed by atoms with Gasteiger partial charge in [0.15, 0.2) is 17.1 Å². The Hall–Kier alpha value is -2.40. The molecule has 21 heavy (non-hydrogen) atoms. The van der Waals surface area contributed by atoms with Crippen molar-refractivity contribution in [2.45, 2.75) is 6.92 Å². The average Bonchev–Trinajstić information content (AvgIpc) is 2.90. The second kappa shape index (κ2) is 5.18. The normalized spacial score (nSPS) is 10.8. The highest BCUT2D eigenvalue weighted by molar-refractivity contribution is 6.31. The number of rotatable bonds is 3. The zero-order chi connectivity index (χ0) is 15.0. The number of methoxy groups -OCH3 is 1. The Morgan fingerprint density at radius 2 is 2.00 bits per heavy atom. The molecule has 106 valence electrons. The van der Waals surface area contributed by atoms with Crippen LogP contribution in [0.1, 0.15) is 21.9 Å². The zero-order valence-corrected chi connectivity index (χ0v) is 12.1. The Kier molecular flexibility index (Phi) is 3.35. The van der Waals surface area contributed by atoms with Crippen molar-refractivity contribution in [1.82, 2.24) is 9.97 Å². The lowest BCUT2D eigenvalue weighted by molar-refractivity contribution is 0.100. The third-order valence-electron chi connectivity index (χ3n) is 3.09. The Morgan fingerprint density at radius 3 is 2.71 bits per heavy atom. The van der Waals surface area contributed by atoms with Gasteiger partial charge in [0.2, 0.25) is 5.78 Å². The Labute approximate surface area is 125 Å². The maximum absolute atomic E-state index is 12.5. The number of aryl methyl sites for hydroxylation is 1. The van der Waals surface area contributed by atoms with Gasteiger partial charge in [0.05, 0.1) is 12.8 Å². The van der Waals surface area contributed by atoms with Crippen LogP contribution in [-0.2, 0) is 0 Å². The maximum atomic E-state index is 12.5. The summed E-state index contributed by atoms with van der Waals surface area (Å²) < 4.78 is 10.8. The number of benzene rings is 1. The summed E-state index contributed by atoms with van der Waals surface area (Å²) in [6.45, 7) is 1.72. The van der Waals surface area contributed by atoms with Crippen molar-refractivity contribution in [1.29, 1.82) is 0 Å². The first-order chi connectivity index (χ1) is 10.1. The van der Waals surface area contributed by atoms with Gasteiger partial charge < -0.3 is 9.15 Å². The van der Waals surface area contributed by atoms with Crippen LogP contribution in [0.15, 0.2) is 35.0 Å². The molecule has 0 unspecified atom stereocenters. The third-order valence-corrected chi connectivity index (χ3v) is 3.31. The number of halogens is 1. The molecular formula is C15H11ClN2O3. The molecule has 2 heterocycles. The average molecular weight is 303 g/mol. The molecule has 0 aliphatic heterocycles. The monoisotopic (exact) mass is 302 g/mol. The minimum Gasteiger partial charge on any atom is -0.493 e. The molecule has 0 atom stereocenters. The van der Waals surface area contributed by atoms with E-state index in [4.69, 9.17) is 20.8 Å². The van der Waals surface area contributed by atoms with Gasteiger partial charge in [0.25, 0.3) is 0 Å². The third kappa shape index (κ3) is 2.36. The van der Waals surface area contributed by atoms with Gasteiger partial charge in [-0.25, -0.2) is 4.98 Å². The number of ether oxygens (including phenoxy) is 1. The smallest absolute Gasteiger partial charge is 0.248 e. The second-order valence-corrected chi connectivity index (χ2v) is 4.89. The van der Waals surface area contributed by atoms with Crippen molar-refractivity contribution in [2.75, 3.05) is 7.11 Å². The topological polar surface area (TPSA) is 65.2 Å². The highest BCUT2D eigenvalue weighted by Gasteiger charge is 2.20. The molecule has 0 aliphatic rings. The summed E-state index contributed by atoms with van der Waals surface area (Å²) in [6.07, 6.45) is 3.01. The molecule has 2 aromatic heterocycles. The summed E-state index contributed by atoms with van der Waals surface area (Å²) in [7, 11) is 1.52. The zero-order valence-electron chi connectivity index (χ0n) is 11.4. The number of carbonyl (C=O) groups excluding carboxylic acids is 1. The molecule has 0 aliphatic carbocycles. The Balaban J connectivity index is 2.14. The number of nitrogens with zero attached hydrogens (tertiary/aromatic N) is 2. The summed E-state index contributed by atoms with van der Waals surface area (Å²) in [5.74, 6) is 0.330. The molecule has 5 nitrogen and oxygen atoms in total. The summed E-state index contributed by atoms with van der Waals surface area (Å²) in [5, 5.41) is 1.21. The van der Waals surface area contributed by atoms with Crippen LogP contribution in [-0.4, -0.2) is 22.9 Å². The van der Waals surface area contributed by atoms with E-state index in [2.05, 4.69) is 9.97 Å². The lowest BCUT2D eigenvalue weighted by Gasteiger charge is -2.01. The molecular weight excluding hydrogens is 292 g/mol. The molecule has 0 radical (unpaired) electrons. The predicted molar refractivity (Wildman–Crippen MR) is 78.0 cm³/mol. The van der Waals surface area contributed by atoms with Crippen LogP contribution >= 0.6 is 11.6 Å². The first kappa shape index (κ1) is 13.6. The molecule has 0 bridgehead atoms. The van der Waals surface area contributed by atoms with E-state index < -0.39 is 0 Å². The van der Waals surface area contributed by atoms with E-state index in [0.717, 1.165) is 0 Å². The van der Waals surface area contributed by atoms with Gasteiger partial charge in [0.1, 0.15) is 5.69 Å². The van der Waals surface area contributed by atoms with Crippen LogP contribution in [0.2, 0.25) is 5.02 Å². The van der Waals surface area contributed by atoms with E-state index >= 15 is 0 Å². The molecule has 0 saturated heterocycles. The Morgan fingerprint density at radius 1 is 1.24 bits per heavy atom. The van der Waals surface area contributed by atoms with Crippen LogP contribution < -0.4 is 4.74 Å². The quantitative estimate of drug-likeness (QED) is 0.694. The Bertz CT molecular complexity index is 842. The minimum atomic E-state index is -0.324. The first-order valence-electron chi connectivity index (χ1n) is 6.19. The lowest BCUT2D eigenvalue weighted by Crippen LogP contribution is -2.06. The molecule has 0 amide bonds. The molecule has 3 rings (SSSR count). The van der Waals surface area contributed by atoms with Crippen molar-refractivity contribution in [3.63, 3.8) is 0 Å². The van der Waals surface area contributed by atoms with Gasteiger partial charge in [-0.2, -0.15) is 0 Å². The second-order valence-electron chi connectivity index (χ2n) is 4.46. The summed E-state index contributed by atoms with van der Waals surface area (Å²) in [5.41, 5.74) is 1.29. The standard InChI is InChI=1S/C15H11ClN2O3/c1-8-13(18-4-3-17-8)14(19)11-6-9-5-10(16)7-12(20-2)15(9)21-11/h3-7H,1-2H3. The number of fused-ring (bicyclic) bond motifs is 1. The molecule has 3 aromatic rings. The van der Waals surface area contributed by atoms with Gasteiger partial charge in [-0.1, -0.05) is 11.6 Å². The molecule has 0 spiro atoms.